The molecule has 4 heteroatoms. The van der Waals surface area contributed by atoms with E-state index < -0.39 is 5.41 Å². The first-order valence-corrected chi connectivity index (χ1v) is 13.4. The summed E-state index contributed by atoms with van der Waals surface area (Å²) < 4.78 is 0. The van der Waals surface area contributed by atoms with Crippen molar-refractivity contribution in [1.82, 2.24) is 0 Å². The Morgan fingerprint density at radius 1 is 0.561 bits per heavy atom. The van der Waals surface area contributed by atoms with Crippen molar-refractivity contribution >= 4 is 0 Å². The summed E-state index contributed by atoms with van der Waals surface area (Å²) in [5.74, 6) is 0. The van der Waals surface area contributed by atoms with Crippen molar-refractivity contribution in [1.29, 1.82) is 0 Å². The van der Waals surface area contributed by atoms with Crippen LogP contribution < -0.4 is 37.2 Å². The number of rotatable bonds is 6. The molecule has 4 aromatic carbocycles. The van der Waals surface area contributed by atoms with Crippen LogP contribution in [0.25, 0.3) is 0 Å². The first-order valence-electron chi connectivity index (χ1n) is 13.4. The molecule has 0 saturated carbocycles. The minimum absolute atomic E-state index is 0. The molecule has 0 heterocycles. The molecule has 0 nitrogen and oxygen atoms in total. The predicted molar refractivity (Wildman–Crippen MR) is 157 cm³/mol. The molecule has 41 heavy (non-hydrogen) atoms. The average molecular weight is 636 g/mol. The van der Waals surface area contributed by atoms with Crippen LogP contribution in [0.1, 0.15) is 62.1 Å². The summed E-state index contributed by atoms with van der Waals surface area (Å²) in [4.78, 5) is 0. The molecule has 0 bridgehead atoms. The standard InChI is InChI=1S/C37H37.3ClH.Ti/c1-25-15-26(2)19-33(18-25)37(34-20-27(3)16-28(4)21-34,35-22-29(5)17-30(6)23-35)36-14-10-13-32(36)24-31-11-8-7-9-12-31;;;;/h7-12,15-23H,14,24H2,1-6H3;3*1H;/q-1;;;;+4/p-3. The molecule has 1 aliphatic carbocycles. The van der Waals surface area contributed by atoms with Gasteiger partial charge < -0.3 is 37.2 Å². The van der Waals surface area contributed by atoms with Crippen molar-refractivity contribution in [2.24, 2.45) is 0 Å². The molecule has 5 rings (SSSR count). The Morgan fingerprint density at radius 3 is 1.29 bits per heavy atom. The van der Waals surface area contributed by atoms with Crippen LogP contribution in [0.4, 0.5) is 0 Å². The van der Waals surface area contributed by atoms with Crippen LogP contribution in [0, 0.1) is 47.6 Å². The quantitative estimate of drug-likeness (QED) is 0.161. The molecule has 1 aliphatic rings. The molecule has 0 fully saturated rings. The van der Waals surface area contributed by atoms with E-state index in [1.54, 1.807) is 0 Å². The van der Waals surface area contributed by atoms with Gasteiger partial charge in [0.15, 0.2) is 0 Å². The van der Waals surface area contributed by atoms with Gasteiger partial charge in [-0.05, 0) is 70.2 Å². The van der Waals surface area contributed by atoms with Crippen molar-refractivity contribution in [2.75, 3.05) is 0 Å². The third-order valence-corrected chi connectivity index (χ3v) is 7.59. The van der Waals surface area contributed by atoms with Gasteiger partial charge in [-0.1, -0.05) is 125 Å². The largest absolute Gasteiger partial charge is 4.00 e. The number of benzene rings is 4. The summed E-state index contributed by atoms with van der Waals surface area (Å²) in [5.41, 5.74) is 15.5. The Morgan fingerprint density at radius 2 is 0.927 bits per heavy atom. The van der Waals surface area contributed by atoms with Gasteiger partial charge in [0, 0.05) is 5.41 Å². The summed E-state index contributed by atoms with van der Waals surface area (Å²) in [7, 11) is 0. The molecule has 0 unspecified atom stereocenters. The maximum atomic E-state index is 3.71. The summed E-state index contributed by atoms with van der Waals surface area (Å²) in [6.45, 7) is 13.3. The molecular weight excluding hydrogens is 599 g/mol. The van der Waals surface area contributed by atoms with Gasteiger partial charge in [0.25, 0.3) is 0 Å². The number of halogens is 3. The molecule has 0 aromatic heterocycles. The molecule has 0 amide bonds. The Balaban J connectivity index is 0.00000210. The van der Waals surface area contributed by atoms with Gasteiger partial charge in [0.2, 0.25) is 0 Å². The minimum Gasteiger partial charge on any atom is -1.00 e. The molecule has 4 aromatic rings. The van der Waals surface area contributed by atoms with Gasteiger partial charge in [-0.2, -0.15) is 11.6 Å². The van der Waals surface area contributed by atoms with Crippen LogP contribution in [-0.2, 0) is 33.6 Å². The molecule has 0 spiro atoms. The summed E-state index contributed by atoms with van der Waals surface area (Å²) in [6, 6.07) is 32.2. The predicted octanol–water partition coefficient (Wildman–Crippen LogP) is 0.183. The normalized spacial score (nSPS) is 12.1. The van der Waals surface area contributed by atoms with Crippen molar-refractivity contribution in [3.05, 3.63) is 164 Å². The van der Waals surface area contributed by atoms with Crippen molar-refractivity contribution < 1.29 is 58.9 Å². The van der Waals surface area contributed by atoms with Gasteiger partial charge in [-0.3, -0.25) is 6.08 Å². The van der Waals surface area contributed by atoms with Crippen LogP contribution in [-0.4, -0.2) is 0 Å². The zero-order chi connectivity index (χ0) is 26.2. The first-order chi connectivity index (χ1) is 17.8. The van der Waals surface area contributed by atoms with Crippen molar-refractivity contribution in [3.8, 4) is 0 Å². The smallest absolute Gasteiger partial charge is 1.00 e. The van der Waals surface area contributed by atoms with Crippen LogP contribution >= 0.6 is 0 Å². The molecule has 0 aliphatic heterocycles. The zero-order valence-electron chi connectivity index (χ0n) is 24.7. The van der Waals surface area contributed by atoms with E-state index in [0.717, 1.165) is 12.8 Å². The van der Waals surface area contributed by atoms with Gasteiger partial charge in [-0.15, -0.1) is 0 Å². The van der Waals surface area contributed by atoms with Crippen LogP contribution in [0.2, 0.25) is 0 Å². The van der Waals surface area contributed by atoms with E-state index in [9.17, 15) is 0 Å². The molecule has 0 saturated heterocycles. The second-order valence-electron chi connectivity index (χ2n) is 11.1. The van der Waals surface area contributed by atoms with E-state index in [1.807, 2.05) is 0 Å². The number of aryl methyl sites for hydroxylation is 6. The molecule has 0 radical (unpaired) electrons. The SMILES string of the molecule is Cc1cc(C)cc(C(C2=C(Cc3ccccc3)[C-]=CC2)(c2cc(C)cc(C)c2)c2cc(C)cc(C)c2)c1.[Cl-].[Cl-].[Cl-].[Ti+4]. The van der Waals surface area contributed by atoms with E-state index in [0.29, 0.717) is 0 Å². The van der Waals surface area contributed by atoms with E-state index in [1.165, 1.54) is 66.8 Å². The maximum absolute atomic E-state index is 3.71. The van der Waals surface area contributed by atoms with E-state index in [2.05, 4.69) is 139 Å². The van der Waals surface area contributed by atoms with E-state index in [4.69, 9.17) is 0 Å². The molecule has 0 atom stereocenters. The Labute approximate surface area is 280 Å². The number of hydrogen-bond acceptors (Lipinski definition) is 0. The fraction of sp³-hybridized carbons (Fsp3) is 0.243. The van der Waals surface area contributed by atoms with Crippen LogP contribution in [0.3, 0.4) is 0 Å². The number of hydrogen-bond donors (Lipinski definition) is 0. The Kier molecular flexibility index (Phi) is 13.9. The minimum atomic E-state index is -0.408. The topological polar surface area (TPSA) is 0 Å². The van der Waals surface area contributed by atoms with Crippen molar-refractivity contribution in [2.45, 2.75) is 59.8 Å². The first kappa shape index (κ1) is 37.0. The van der Waals surface area contributed by atoms with E-state index >= 15 is 0 Å². The molecule has 210 valence electrons. The Bertz CT molecular complexity index is 1350. The molecular formula is C37H37Cl3Ti. The van der Waals surface area contributed by atoms with Crippen LogP contribution in [0.5, 0.6) is 0 Å². The Hall–Kier alpha value is -2.06. The zero-order valence-corrected chi connectivity index (χ0v) is 28.5. The second-order valence-corrected chi connectivity index (χ2v) is 11.1. The summed E-state index contributed by atoms with van der Waals surface area (Å²) >= 11 is 0. The van der Waals surface area contributed by atoms with Crippen LogP contribution in [0.15, 0.2) is 102 Å². The van der Waals surface area contributed by atoms with Gasteiger partial charge in [-0.25, -0.2) is 5.57 Å². The third-order valence-electron chi connectivity index (χ3n) is 7.59. The van der Waals surface area contributed by atoms with Gasteiger partial charge in [0.05, 0.1) is 0 Å². The fourth-order valence-electron chi connectivity index (χ4n) is 6.42. The second kappa shape index (κ2) is 15.4. The molecule has 0 N–H and O–H groups in total. The number of allylic oxidation sites excluding steroid dienone is 4. The van der Waals surface area contributed by atoms with Gasteiger partial charge >= 0.3 is 21.7 Å². The summed E-state index contributed by atoms with van der Waals surface area (Å²) in [6.07, 6.45) is 7.74. The average Bonchev–Trinajstić information content (AvgIpc) is 3.27. The van der Waals surface area contributed by atoms with Gasteiger partial charge in [0.1, 0.15) is 0 Å². The maximum Gasteiger partial charge on any atom is 4.00 e. The summed E-state index contributed by atoms with van der Waals surface area (Å²) in [5, 5.41) is 0. The van der Waals surface area contributed by atoms with E-state index in [-0.39, 0.29) is 58.9 Å². The fourth-order valence-corrected chi connectivity index (χ4v) is 6.42. The third kappa shape index (κ3) is 7.67. The monoisotopic (exact) mass is 634 g/mol. The van der Waals surface area contributed by atoms with Crippen molar-refractivity contribution in [3.63, 3.8) is 0 Å².